The number of fused-ring (bicyclic) bond motifs is 1. The Balaban J connectivity index is 1.94. The number of allylic oxidation sites excluding steroid dienone is 2. The van der Waals surface area contributed by atoms with Crippen LogP contribution in [0.4, 0.5) is 0 Å². The van der Waals surface area contributed by atoms with Gasteiger partial charge in [0.15, 0.2) is 0 Å². The van der Waals surface area contributed by atoms with E-state index in [-0.39, 0.29) is 0 Å². The molecule has 0 saturated carbocycles. The molecule has 3 rings (SSSR count). The lowest BCUT2D eigenvalue weighted by atomic mass is 9.84. The number of hydrogen-bond donors (Lipinski definition) is 0. The van der Waals surface area contributed by atoms with Gasteiger partial charge in [0.1, 0.15) is 0 Å². The molecule has 0 nitrogen and oxygen atoms in total. The van der Waals surface area contributed by atoms with Gasteiger partial charge in [0.25, 0.3) is 0 Å². The molecule has 0 radical (unpaired) electrons. The smallest absolute Gasteiger partial charge is 0.00615 e. The molecule has 0 aliphatic heterocycles. The Labute approximate surface area is 92.0 Å². The average Bonchev–Trinajstić information content (AvgIpc) is 2.50. The van der Waals surface area contributed by atoms with Crippen molar-refractivity contribution in [2.75, 3.05) is 0 Å². The zero-order valence-corrected chi connectivity index (χ0v) is 9.26. The highest BCUT2D eigenvalue weighted by atomic mass is 14.2. The molecule has 0 amide bonds. The van der Waals surface area contributed by atoms with Gasteiger partial charge in [0.2, 0.25) is 0 Å². The van der Waals surface area contributed by atoms with Crippen LogP contribution >= 0.6 is 0 Å². The van der Waals surface area contributed by atoms with E-state index in [4.69, 9.17) is 0 Å². The van der Waals surface area contributed by atoms with E-state index in [1.165, 1.54) is 44.9 Å². The van der Waals surface area contributed by atoms with Crippen molar-refractivity contribution in [3.63, 3.8) is 0 Å². The lowest BCUT2D eigenvalue weighted by molar-refractivity contribution is 0.703. The first kappa shape index (κ1) is 9.21. The van der Waals surface area contributed by atoms with Gasteiger partial charge in [-0.2, -0.15) is 0 Å². The number of benzene rings is 1. The molecule has 78 valence electrons. The van der Waals surface area contributed by atoms with Gasteiger partial charge in [0.05, 0.1) is 0 Å². The molecule has 0 fully saturated rings. The van der Waals surface area contributed by atoms with Crippen LogP contribution in [0.5, 0.6) is 0 Å². The summed E-state index contributed by atoms with van der Waals surface area (Å²) in [6.45, 7) is 0. The van der Waals surface area contributed by atoms with Gasteiger partial charge in [-0.05, 0) is 49.7 Å². The maximum atomic E-state index is 2.31. The molecule has 0 N–H and O–H groups in total. The van der Waals surface area contributed by atoms with Crippen LogP contribution in [-0.2, 0) is 12.8 Å². The van der Waals surface area contributed by atoms with Crippen molar-refractivity contribution in [1.82, 2.24) is 0 Å². The SMILES string of the molecule is c1ccc2c(c1)CC1=C(CCCCC1)C2. The van der Waals surface area contributed by atoms with Crippen LogP contribution in [-0.4, -0.2) is 0 Å². The first-order valence-corrected chi connectivity index (χ1v) is 6.20. The highest BCUT2D eigenvalue weighted by Gasteiger charge is 2.18. The Morgan fingerprint density at radius 1 is 0.667 bits per heavy atom. The van der Waals surface area contributed by atoms with Gasteiger partial charge < -0.3 is 0 Å². The highest BCUT2D eigenvalue weighted by Crippen LogP contribution is 2.33. The van der Waals surface area contributed by atoms with E-state index in [2.05, 4.69) is 24.3 Å². The van der Waals surface area contributed by atoms with E-state index in [0.717, 1.165) is 0 Å². The molecular weight excluding hydrogens is 180 g/mol. The van der Waals surface area contributed by atoms with Gasteiger partial charge in [-0.3, -0.25) is 0 Å². The van der Waals surface area contributed by atoms with E-state index in [1.807, 2.05) is 0 Å². The lowest BCUT2D eigenvalue weighted by Crippen LogP contribution is -2.07. The van der Waals surface area contributed by atoms with Crippen molar-refractivity contribution in [3.05, 3.63) is 46.5 Å². The largest absolute Gasteiger partial charge is 0.0663 e. The second-order valence-corrected chi connectivity index (χ2v) is 4.89. The summed E-state index contributed by atoms with van der Waals surface area (Å²) in [4.78, 5) is 0. The number of rotatable bonds is 0. The van der Waals surface area contributed by atoms with Gasteiger partial charge in [-0.25, -0.2) is 0 Å². The molecule has 0 unspecified atom stereocenters. The van der Waals surface area contributed by atoms with Crippen molar-refractivity contribution >= 4 is 0 Å². The zero-order chi connectivity index (χ0) is 10.1. The van der Waals surface area contributed by atoms with Crippen molar-refractivity contribution in [2.24, 2.45) is 0 Å². The molecule has 0 heterocycles. The second kappa shape index (κ2) is 3.84. The summed E-state index contributed by atoms with van der Waals surface area (Å²) in [5, 5.41) is 0. The van der Waals surface area contributed by atoms with Gasteiger partial charge in [0, 0.05) is 0 Å². The van der Waals surface area contributed by atoms with Crippen molar-refractivity contribution < 1.29 is 0 Å². The Kier molecular flexibility index (Phi) is 2.36. The van der Waals surface area contributed by atoms with Crippen LogP contribution in [0.1, 0.15) is 43.2 Å². The molecule has 0 atom stereocenters. The third-order valence-electron chi connectivity index (χ3n) is 3.88. The van der Waals surface area contributed by atoms with E-state index in [1.54, 1.807) is 22.3 Å². The molecule has 0 heteroatoms. The summed E-state index contributed by atoms with van der Waals surface area (Å²) < 4.78 is 0. The van der Waals surface area contributed by atoms with E-state index in [0.29, 0.717) is 0 Å². The van der Waals surface area contributed by atoms with Gasteiger partial charge in [-0.15, -0.1) is 0 Å². The quantitative estimate of drug-likeness (QED) is 0.552. The fourth-order valence-electron chi connectivity index (χ4n) is 3.00. The summed E-state index contributed by atoms with van der Waals surface area (Å²) in [6.07, 6.45) is 9.48. The van der Waals surface area contributed by atoms with Crippen molar-refractivity contribution in [3.8, 4) is 0 Å². The third kappa shape index (κ3) is 1.73. The minimum absolute atomic E-state index is 1.24. The summed E-state index contributed by atoms with van der Waals surface area (Å²) in [5.41, 5.74) is 6.70. The fourth-order valence-corrected chi connectivity index (χ4v) is 3.00. The van der Waals surface area contributed by atoms with E-state index in [9.17, 15) is 0 Å². The maximum absolute atomic E-state index is 2.31. The minimum Gasteiger partial charge on any atom is -0.0663 e. The first-order chi connectivity index (χ1) is 7.43. The first-order valence-electron chi connectivity index (χ1n) is 6.20. The Morgan fingerprint density at radius 3 is 1.73 bits per heavy atom. The molecule has 0 spiro atoms. The summed E-state index contributed by atoms with van der Waals surface area (Å²) in [5.74, 6) is 0. The van der Waals surface area contributed by atoms with Crippen LogP contribution < -0.4 is 0 Å². The molecule has 0 saturated heterocycles. The van der Waals surface area contributed by atoms with Crippen LogP contribution in [0.25, 0.3) is 0 Å². The second-order valence-electron chi connectivity index (χ2n) is 4.89. The van der Waals surface area contributed by atoms with Crippen molar-refractivity contribution in [1.29, 1.82) is 0 Å². The predicted octanol–water partition coefficient (Wildman–Crippen LogP) is 4.05. The summed E-state index contributed by atoms with van der Waals surface area (Å²) in [6, 6.07) is 8.98. The monoisotopic (exact) mass is 198 g/mol. The summed E-state index contributed by atoms with van der Waals surface area (Å²) >= 11 is 0. The predicted molar refractivity (Wildman–Crippen MR) is 64.0 cm³/mol. The normalized spacial score (nSPS) is 20.5. The topological polar surface area (TPSA) is 0 Å². The van der Waals surface area contributed by atoms with Crippen LogP contribution in [0, 0.1) is 0 Å². The fraction of sp³-hybridized carbons (Fsp3) is 0.467. The average molecular weight is 198 g/mol. The summed E-state index contributed by atoms with van der Waals surface area (Å²) in [7, 11) is 0. The van der Waals surface area contributed by atoms with E-state index >= 15 is 0 Å². The molecule has 2 aliphatic carbocycles. The van der Waals surface area contributed by atoms with Gasteiger partial charge >= 0.3 is 0 Å². The highest BCUT2D eigenvalue weighted by molar-refractivity contribution is 5.40. The maximum Gasteiger partial charge on any atom is -0.00615 e. The molecule has 0 bridgehead atoms. The molecule has 2 aliphatic rings. The zero-order valence-electron chi connectivity index (χ0n) is 9.26. The molecule has 1 aromatic carbocycles. The van der Waals surface area contributed by atoms with E-state index < -0.39 is 0 Å². The van der Waals surface area contributed by atoms with Crippen LogP contribution in [0.3, 0.4) is 0 Å². The standard InChI is InChI=1S/C15H18/c1-2-6-12-10-14-8-4-5-9-15(14)11-13(12)7-3-1/h4-5,8-9H,1-3,6-7,10-11H2. The molecule has 1 aromatic rings. The molecule has 15 heavy (non-hydrogen) atoms. The van der Waals surface area contributed by atoms with Gasteiger partial charge in [-0.1, -0.05) is 41.8 Å². The minimum atomic E-state index is 1.24. The Bertz CT molecular complexity index is 361. The Morgan fingerprint density at radius 2 is 1.20 bits per heavy atom. The molecule has 0 aromatic heterocycles. The number of hydrogen-bond acceptors (Lipinski definition) is 0. The molecular formula is C15H18. The lowest BCUT2D eigenvalue weighted by Gasteiger charge is -2.21. The van der Waals surface area contributed by atoms with Crippen LogP contribution in [0.15, 0.2) is 35.4 Å². The third-order valence-corrected chi connectivity index (χ3v) is 3.88. The van der Waals surface area contributed by atoms with Crippen molar-refractivity contribution in [2.45, 2.75) is 44.9 Å². The Hall–Kier alpha value is -1.04. The van der Waals surface area contributed by atoms with Crippen LogP contribution in [0.2, 0.25) is 0 Å².